The summed E-state index contributed by atoms with van der Waals surface area (Å²) >= 11 is 1.82. The Kier molecular flexibility index (Phi) is 8.32. The van der Waals surface area contributed by atoms with E-state index in [1.54, 1.807) is 0 Å². The van der Waals surface area contributed by atoms with Gasteiger partial charge in [-0.2, -0.15) is 0 Å². The van der Waals surface area contributed by atoms with Gasteiger partial charge >= 0.3 is 0 Å². The molecule has 7 aromatic carbocycles. The minimum Gasteiger partial charge on any atom is -0.228 e. The molecule has 0 aliphatic carbocycles. The van der Waals surface area contributed by atoms with Crippen molar-refractivity contribution >= 4 is 31.5 Å². The van der Waals surface area contributed by atoms with Crippen LogP contribution in [0.3, 0.4) is 0 Å². The van der Waals surface area contributed by atoms with E-state index in [2.05, 4.69) is 121 Å². The Hall–Kier alpha value is -7.08. The summed E-state index contributed by atoms with van der Waals surface area (Å²) in [6, 6.07) is 67.3. The standard InChI is InChI=1S/C50H32N4S/c1-5-15-33(16-6-1)43-31-44(34-17-7-2-8-18-34)52-49(51-43)39-27-38(37-25-26-48-42(30-37)41-23-13-14-24-47(41)55-48)28-40(29-39)50-53-45(35-19-9-3-10-20-35)32-46(54-50)36-21-11-4-12-22-36/h1-32H. The molecule has 55 heavy (non-hydrogen) atoms. The van der Waals surface area contributed by atoms with Crippen LogP contribution in [0.25, 0.3) is 99.1 Å². The lowest BCUT2D eigenvalue weighted by atomic mass is 9.97. The lowest BCUT2D eigenvalue weighted by molar-refractivity contribution is 1.17. The van der Waals surface area contributed by atoms with Gasteiger partial charge in [0.15, 0.2) is 11.6 Å². The third kappa shape index (κ3) is 6.48. The molecule has 0 unspecified atom stereocenters. The normalized spacial score (nSPS) is 11.3. The van der Waals surface area contributed by atoms with E-state index >= 15 is 0 Å². The molecular weight excluding hydrogens is 689 g/mol. The molecule has 3 aromatic heterocycles. The molecule has 4 nitrogen and oxygen atoms in total. The van der Waals surface area contributed by atoms with E-state index in [1.165, 1.54) is 20.2 Å². The number of fused-ring (bicyclic) bond motifs is 3. The van der Waals surface area contributed by atoms with Crippen LogP contribution in [0.2, 0.25) is 0 Å². The fourth-order valence-electron chi connectivity index (χ4n) is 7.14. The molecule has 0 aliphatic rings. The van der Waals surface area contributed by atoms with Crippen LogP contribution in [-0.4, -0.2) is 19.9 Å². The van der Waals surface area contributed by atoms with Crippen LogP contribution >= 0.6 is 11.3 Å². The van der Waals surface area contributed by atoms with Crippen molar-refractivity contribution < 1.29 is 0 Å². The summed E-state index contributed by atoms with van der Waals surface area (Å²) < 4.78 is 2.54. The zero-order valence-electron chi connectivity index (χ0n) is 29.7. The van der Waals surface area contributed by atoms with E-state index in [0.717, 1.165) is 67.3 Å². The van der Waals surface area contributed by atoms with Crippen molar-refractivity contribution in [3.8, 4) is 78.9 Å². The summed E-state index contributed by atoms with van der Waals surface area (Å²) in [4.78, 5) is 20.9. The van der Waals surface area contributed by atoms with Crippen molar-refractivity contribution in [1.82, 2.24) is 19.9 Å². The van der Waals surface area contributed by atoms with Gasteiger partial charge in [0.05, 0.1) is 22.8 Å². The second-order valence-electron chi connectivity index (χ2n) is 13.5. The summed E-state index contributed by atoms with van der Waals surface area (Å²) in [5.74, 6) is 1.26. The van der Waals surface area contributed by atoms with Crippen molar-refractivity contribution in [3.05, 3.63) is 194 Å². The molecule has 0 saturated carbocycles. The maximum absolute atomic E-state index is 5.23. The largest absolute Gasteiger partial charge is 0.228 e. The first-order chi connectivity index (χ1) is 27.2. The first-order valence-electron chi connectivity index (χ1n) is 18.3. The quantitative estimate of drug-likeness (QED) is 0.164. The number of rotatable bonds is 7. The predicted octanol–water partition coefficient (Wildman–Crippen LogP) is 13.3. The molecule has 0 atom stereocenters. The first-order valence-corrected chi connectivity index (χ1v) is 19.1. The molecule has 0 spiro atoms. The molecule has 0 bridgehead atoms. The van der Waals surface area contributed by atoms with E-state index < -0.39 is 0 Å². The van der Waals surface area contributed by atoms with Gasteiger partial charge in [-0.1, -0.05) is 146 Å². The van der Waals surface area contributed by atoms with Crippen LogP contribution in [0.4, 0.5) is 0 Å². The van der Waals surface area contributed by atoms with Crippen molar-refractivity contribution in [2.75, 3.05) is 0 Å². The molecule has 0 aliphatic heterocycles. The Morgan fingerprint density at radius 3 is 1.09 bits per heavy atom. The Morgan fingerprint density at radius 1 is 0.255 bits per heavy atom. The molecule has 258 valence electrons. The summed E-state index contributed by atoms with van der Waals surface area (Å²) in [7, 11) is 0. The van der Waals surface area contributed by atoms with Crippen LogP contribution in [0.15, 0.2) is 194 Å². The molecule has 0 saturated heterocycles. The third-order valence-electron chi connectivity index (χ3n) is 9.89. The minimum absolute atomic E-state index is 0.632. The zero-order chi connectivity index (χ0) is 36.6. The third-order valence-corrected chi connectivity index (χ3v) is 11.0. The number of hydrogen-bond donors (Lipinski definition) is 0. The minimum atomic E-state index is 0.632. The molecular formula is C50H32N4S. The maximum Gasteiger partial charge on any atom is 0.160 e. The average molecular weight is 721 g/mol. The zero-order valence-corrected chi connectivity index (χ0v) is 30.5. The molecule has 10 aromatic rings. The molecule has 5 heteroatoms. The van der Waals surface area contributed by atoms with Gasteiger partial charge < -0.3 is 0 Å². The van der Waals surface area contributed by atoms with Gasteiger partial charge in [-0.05, 0) is 59.7 Å². The highest BCUT2D eigenvalue weighted by molar-refractivity contribution is 7.25. The van der Waals surface area contributed by atoms with Gasteiger partial charge in [0, 0.05) is 53.6 Å². The summed E-state index contributed by atoms with van der Waals surface area (Å²) in [6.07, 6.45) is 0. The van der Waals surface area contributed by atoms with E-state index in [4.69, 9.17) is 19.9 Å². The Morgan fingerprint density at radius 2 is 0.636 bits per heavy atom. The van der Waals surface area contributed by atoms with Gasteiger partial charge in [-0.15, -0.1) is 11.3 Å². The Balaban J connectivity index is 1.23. The van der Waals surface area contributed by atoms with Crippen molar-refractivity contribution in [2.45, 2.75) is 0 Å². The Bertz CT molecular complexity index is 2700. The number of benzene rings is 7. The van der Waals surface area contributed by atoms with E-state index in [-0.39, 0.29) is 0 Å². The Labute approximate surface area is 323 Å². The van der Waals surface area contributed by atoms with Crippen molar-refractivity contribution in [3.63, 3.8) is 0 Å². The highest BCUT2D eigenvalue weighted by Gasteiger charge is 2.17. The summed E-state index contributed by atoms with van der Waals surface area (Å²) in [5.41, 5.74) is 11.4. The predicted molar refractivity (Wildman–Crippen MR) is 229 cm³/mol. The van der Waals surface area contributed by atoms with Crippen LogP contribution in [0, 0.1) is 0 Å². The van der Waals surface area contributed by atoms with Gasteiger partial charge in [0.25, 0.3) is 0 Å². The lowest BCUT2D eigenvalue weighted by Gasteiger charge is -2.14. The number of aromatic nitrogens is 4. The van der Waals surface area contributed by atoms with Gasteiger partial charge in [-0.25, -0.2) is 19.9 Å². The highest BCUT2D eigenvalue weighted by atomic mass is 32.1. The topological polar surface area (TPSA) is 51.6 Å². The smallest absolute Gasteiger partial charge is 0.160 e. The van der Waals surface area contributed by atoms with Crippen LogP contribution in [0.1, 0.15) is 0 Å². The average Bonchev–Trinajstić information content (AvgIpc) is 3.65. The molecule has 0 radical (unpaired) electrons. The number of hydrogen-bond acceptors (Lipinski definition) is 5. The van der Waals surface area contributed by atoms with Gasteiger partial charge in [0.1, 0.15) is 0 Å². The van der Waals surface area contributed by atoms with Crippen LogP contribution < -0.4 is 0 Å². The number of nitrogens with zero attached hydrogens (tertiary/aromatic N) is 4. The first kappa shape index (κ1) is 32.6. The maximum atomic E-state index is 5.23. The van der Waals surface area contributed by atoms with Crippen LogP contribution in [0.5, 0.6) is 0 Å². The van der Waals surface area contributed by atoms with E-state index in [9.17, 15) is 0 Å². The van der Waals surface area contributed by atoms with E-state index in [0.29, 0.717) is 11.6 Å². The second kappa shape index (κ2) is 14.0. The molecule has 0 fully saturated rings. The molecule has 0 amide bonds. The van der Waals surface area contributed by atoms with Crippen molar-refractivity contribution in [1.29, 1.82) is 0 Å². The molecule has 10 rings (SSSR count). The second-order valence-corrected chi connectivity index (χ2v) is 14.6. The number of thiophene rings is 1. The van der Waals surface area contributed by atoms with E-state index in [1.807, 2.05) is 84.1 Å². The highest BCUT2D eigenvalue weighted by Crippen LogP contribution is 2.39. The van der Waals surface area contributed by atoms with Gasteiger partial charge in [0.2, 0.25) is 0 Å². The SMILES string of the molecule is c1ccc(-c2cc(-c3ccccc3)nc(-c3cc(-c4ccc5sc6ccccc6c5c4)cc(-c4nc(-c5ccccc5)cc(-c5ccccc5)n4)c3)n2)cc1. The molecule has 3 heterocycles. The molecule has 0 N–H and O–H groups in total. The lowest BCUT2D eigenvalue weighted by Crippen LogP contribution is -1.99. The fraction of sp³-hybridized carbons (Fsp3) is 0. The van der Waals surface area contributed by atoms with Gasteiger partial charge in [-0.3, -0.25) is 0 Å². The fourth-order valence-corrected chi connectivity index (χ4v) is 8.22. The monoisotopic (exact) mass is 720 g/mol. The van der Waals surface area contributed by atoms with Crippen LogP contribution in [-0.2, 0) is 0 Å². The summed E-state index contributed by atoms with van der Waals surface area (Å²) in [6.45, 7) is 0. The summed E-state index contributed by atoms with van der Waals surface area (Å²) in [5, 5.41) is 2.51. The van der Waals surface area contributed by atoms with Crippen molar-refractivity contribution in [2.24, 2.45) is 0 Å².